The van der Waals surface area contributed by atoms with Crippen molar-refractivity contribution in [1.82, 2.24) is 9.79 Å². The highest BCUT2D eigenvalue weighted by molar-refractivity contribution is 7.89. The van der Waals surface area contributed by atoms with Crippen LogP contribution in [0.2, 0.25) is 0 Å². The van der Waals surface area contributed by atoms with Gasteiger partial charge >= 0.3 is 5.97 Å². The number of nitrogens with one attached hydrogen (secondary N) is 1. The molecule has 1 aliphatic rings. The maximum Gasteiger partial charge on any atom is 0.347 e. The van der Waals surface area contributed by atoms with Gasteiger partial charge in [0.2, 0.25) is 10.0 Å². The summed E-state index contributed by atoms with van der Waals surface area (Å²) in [7, 11) is -4.76. The predicted molar refractivity (Wildman–Crippen MR) is 84.5 cm³/mol. The molecule has 0 unspecified atom stereocenters. The second-order valence-electron chi connectivity index (χ2n) is 5.41. The van der Waals surface area contributed by atoms with E-state index in [-0.39, 0.29) is 16.2 Å². The number of imide groups is 1. The van der Waals surface area contributed by atoms with Crippen LogP contribution in [0.4, 0.5) is 13.2 Å². The first kappa shape index (κ1) is 19.5. The highest BCUT2D eigenvalue weighted by Gasteiger charge is 2.38. The molecule has 12 heteroatoms. The fourth-order valence-electron chi connectivity index (χ4n) is 2.33. The van der Waals surface area contributed by atoms with Gasteiger partial charge < -0.3 is 4.84 Å². The van der Waals surface area contributed by atoms with Crippen LogP contribution in [0.1, 0.15) is 20.7 Å². The van der Waals surface area contributed by atoms with Gasteiger partial charge in [0.25, 0.3) is 11.8 Å². The molecule has 1 heterocycles. The highest BCUT2D eigenvalue weighted by atomic mass is 32.2. The van der Waals surface area contributed by atoms with Gasteiger partial charge in [-0.25, -0.2) is 26.4 Å². The van der Waals surface area contributed by atoms with Crippen molar-refractivity contribution >= 4 is 27.8 Å². The van der Waals surface area contributed by atoms with E-state index in [1.54, 1.807) is 4.72 Å². The van der Waals surface area contributed by atoms with E-state index >= 15 is 0 Å². The molecule has 2 aromatic carbocycles. The fraction of sp³-hybridized carbons (Fsp3) is 0.0625. The number of sulfonamides is 1. The van der Waals surface area contributed by atoms with E-state index in [1.807, 2.05) is 0 Å². The summed E-state index contributed by atoms with van der Waals surface area (Å²) < 4.78 is 65.3. The van der Waals surface area contributed by atoms with E-state index in [9.17, 15) is 36.0 Å². The van der Waals surface area contributed by atoms with E-state index < -0.39 is 56.7 Å². The molecule has 3 rings (SSSR count). The topological polar surface area (TPSA) is 110 Å². The number of carbonyl (C=O) groups is 3. The number of hydrogen-bond acceptors (Lipinski definition) is 6. The van der Waals surface area contributed by atoms with Crippen molar-refractivity contribution < 1.29 is 40.8 Å². The monoisotopic (exact) mass is 414 g/mol. The summed E-state index contributed by atoms with van der Waals surface area (Å²) in [5.41, 5.74) is -0.0190. The Labute approximate surface area is 155 Å². The van der Waals surface area contributed by atoms with Crippen LogP contribution in [0.5, 0.6) is 0 Å². The average Bonchev–Trinajstić information content (AvgIpc) is 2.90. The largest absolute Gasteiger partial charge is 0.347 e. The molecule has 0 fully saturated rings. The maximum absolute atomic E-state index is 13.6. The molecule has 0 atom stereocenters. The Morgan fingerprint density at radius 1 is 0.964 bits per heavy atom. The standard InChI is InChI=1S/C16H9F3N2O6S/c17-10-5-6-11(14(19)13(10)18)28(25,26)20-7-12(22)27-21-15(23)8-3-1-2-4-9(8)16(21)24/h1-6,20H,7H2. The fourth-order valence-corrected chi connectivity index (χ4v) is 3.37. The number of fused-ring (bicyclic) bond motifs is 1. The third-order valence-corrected chi connectivity index (χ3v) is 5.06. The zero-order valence-electron chi connectivity index (χ0n) is 13.6. The summed E-state index contributed by atoms with van der Waals surface area (Å²) in [5.74, 6) is -8.80. The van der Waals surface area contributed by atoms with Crippen molar-refractivity contribution in [2.75, 3.05) is 6.54 Å². The lowest BCUT2D eigenvalue weighted by Gasteiger charge is -2.13. The highest BCUT2D eigenvalue weighted by Crippen LogP contribution is 2.23. The second-order valence-corrected chi connectivity index (χ2v) is 7.15. The number of hydrogen-bond donors (Lipinski definition) is 1. The zero-order valence-corrected chi connectivity index (χ0v) is 14.4. The molecule has 1 N–H and O–H groups in total. The Bertz CT molecular complexity index is 1080. The summed E-state index contributed by atoms with van der Waals surface area (Å²) in [6.07, 6.45) is 0. The van der Waals surface area contributed by atoms with Crippen LogP contribution in [0.15, 0.2) is 41.3 Å². The molecule has 0 spiro atoms. The molecule has 1 aliphatic heterocycles. The second kappa shape index (κ2) is 7.05. The Balaban J connectivity index is 1.69. The van der Waals surface area contributed by atoms with Crippen molar-refractivity contribution in [2.45, 2.75) is 4.90 Å². The molecular weight excluding hydrogens is 405 g/mol. The Morgan fingerprint density at radius 3 is 2.11 bits per heavy atom. The molecule has 0 saturated heterocycles. The van der Waals surface area contributed by atoms with Crippen LogP contribution in [-0.2, 0) is 19.7 Å². The van der Waals surface area contributed by atoms with Gasteiger partial charge in [0.05, 0.1) is 11.1 Å². The van der Waals surface area contributed by atoms with Gasteiger partial charge in [-0.2, -0.15) is 4.72 Å². The molecule has 2 aromatic rings. The van der Waals surface area contributed by atoms with Crippen molar-refractivity contribution in [3.63, 3.8) is 0 Å². The summed E-state index contributed by atoms with van der Waals surface area (Å²) >= 11 is 0. The van der Waals surface area contributed by atoms with Crippen molar-refractivity contribution in [1.29, 1.82) is 0 Å². The average molecular weight is 414 g/mol. The molecular formula is C16H9F3N2O6S. The van der Waals surface area contributed by atoms with Gasteiger partial charge in [0.1, 0.15) is 11.4 Å². The predicted octanol–water partition coefficient (Wildman–Crippen LogP) is 1.14. The first-order valence-electron chi connectivity index (χ1n) is 7.45. The number of halogens is 3. The summed E-state index contributed by atoms with van der Waals surface area (Å²) in [6.45, 7) is -1.12. The molecule has 146 valence electrons. The number of nitrogens with zero attached hydrogens (tertiary/aromatic N) is 1. The van der Waals surface area contributed by atoms with E-state index in [0.29, 0.717) is 12.1 Å². The SMILES string of the molecule is O=C(CNS(=O)(=O)c1ccc(F)c(F)c1F)ON1C(=O)c2ccccc2C1=O. The van der Waals surface area contributed by atoms with Gasteiger partial charge in [-0.1, -0.05) is 17.2 Å². The van der Waals surface area contributed by atoms with Gasteiger partial charge in [0.15, 0.2) is 17.5 Å². The summed E-state index contributed by atoms with van der Waals surface area (Å²) in [6, 6.07) is 6.49. The zero-order chi connectivity index (χ0) is 20.6. The molecule has 8 nitrogen and oxygen atoms in total. The minimum absolute atomic E-state index is 0.00950. The van der Waals surface area contributed by atoms with Gasteiger partial charge in [-0.3, -0.25) is 9.59 Å². The number of hydroxylamine groups is 2. The smallest absolute Gasteiger partial charge is 0.328 e. The Hall–Kier alpha value is -3.25. The quantitative estimate of drug-likeness (QED) is 0.580. The van der Waals surface area contributed by atoms with Crippen LogP contribution < -0.4 is 4.72 Å². The lowest BCUT2D eigenvalue weighted by atomic mass is 10.1. The summed E-state index contributed by atoms with van der Waals surface area (Å²) in [5, 5.41) is 0.152. The number of rotatable bonds is 5. The lowest BCUT2D eigenvalue weighted by Crippen LogP contribution is -2.38. The van der Waals surface area contributed by atoms with Gasteiger partial charge in [0, 0.05) is 0 Å². The van der Waals surface area contributed by atoms with Crippen molar-refractivity contribution in [3.8, 4) is 0 Å². The van der Waals surface area contributed by atoms with Crippen molar-refractivity contribution in [3.05, 3.63) is 65.0 Å². The van der Waals surface area contributed by atoms with Crippen LogP contribution >= 0.6 is 0 Å². The van der Waals surface area contributed by atoms with Crippen LogP contribution in [0.3, 0.4) is 0 Å². The lowest BCUT2D eigenvalue weighted by molar-refractivity contribution is -0.166. The van der Waals surface area contributed by atoms with Crippen LogP contribution in [-0.4, -0.2) is 37.8 Å². The van der Waals surface area contributed by atoms with Crippen LogP contribution in [0, 0.1) is 17.5 Å². The number of carbonyl (C=O) groups excluding carboxylic acids is 3. The first-order valence-corrected chi connectivity index (χ1v) is 8.93. The molecule has 0 aromatic heterocycles. The first-order chi connectivity index (χ1) is 13.1. The van der Waals surface area contributed by atoms with Crippen LogP contribution in [0.25, 0.3) is 0 Å². The molecule has 2 amide bonds. The Kier molecular flexibility index (Phi) is 4.91. The third-order valence-electron chi connectivity index (χ3n) is 3.65. The minimum atomic E-state index is -4.76. The van der Waals surface area contributed by atoms with E-state index in [2.05, 4.69) is 4.84 Å². The molecule has 28 heavy (non-hydrogen) atoms. The number of benzene rings is 2. The summed E-state index contributed by atoms with van der Waals surface area (Å²) in [4.78, 5) is 39.2. The van der Waals surface area contributed by atoms with E-state index in [1.165, 1.54) is 24.3 Å². The van der Waals surface area contributed by atoms with Gasteiger partial charge in [-0.05, 0) is 24.3 Å². The minimum Gasteiger partial charge on any atom is -0.328 e. The van der Waals surface area contributed by atoms with Gasteiger partial charge in [-0.15, -0.1) is 0 Å². The van der Waals surface area contributed by atoms with E-state index in [4.69, 9.17) is 0 Å². The maximum atomic E-state index is 13.6. The normalized spacial score (nSPS) is 13.6. The molecule has 0 bridgehead atoms. The van der Waals surface area contributed by atoms with Crippen molar-refractivity contribution in [2.24, 2.45) is 0 Å². The van der Waals surface area contributed by atoms with E-state index in [0.717, 1.165) is 0 Å². The molecule has 0 radical (unpaired) electrons. The molecule has 0 aliphatic carbocycles. The number of amides is 2. The third kappa shape index (κ3) is 3.34. The molecule has 0 saturated carbocycles. The Morgan fingerprint density at radius 2 is 1.54 bits per heavy atom.